The molecule has 2 aromatic rings. The van der Waals surface area contributed by atoms with E-state index >= 15 is 0 Å². The number of benzene rings is 2. The quantitative estimate of drug-likeness (QED) is 0.242. The fourth-order valence-corrected chi connectivity index (χ4v) is 5.77. The molecule has 8 nitrogen and oxygen atoms in total. The Bertz CT molecular complexity index is 1100. The van der Waals surface area contributed by atoms with E-state index in [4.69, 9.17) is 0 Å². The molecule has 38 heavy (non-hydrogen) atoms. The first-order chi connectivity index (χ1) is 17.8. The summed E-state index contributed by atoms with van der Waals surface area (Å²) in [6.45, 7) is 7.22. The molecule has 0 aliphatic heterocycles. The number of carboxylic acids is 2. The van der Waals surface area contributed by atoms with Crippen molar-refractivity contribution >= 4 is 45.3 Å². The predicted octanol–water partition coefficient (Wildman–Crippen LogP) is 5.22. The fraction of sp³-hybridized carbons (Fsp3) is 0.385. The van der Waals surface area contributed by atoms with Crippen LogP contribution in [0.25, 0.3) is 0 Å². The van der Waals surface area contributed by atoms with Gasteiger partial charge in [-0.1, -0.05) is 49.3 Å². The van der Waals surface area contributed by atoms with Crippen molar-refractivity contribution in [1.82, 2.24) is 10.6 Å². The number of nitrogens with one attached hydrogen (secondary N) is 2. The summed E-state index contributed by atoms with van der Waals surface area (Å²) in [6, 6.07) is 4.56. The molecule has 2 aromatic carbocycles. The van der Waals surface area contributed by atoms with Crippen LogP contribution in [-0.4, -0.2) is 46.0 Å². The summed E-state index contributed by atoms with van der Waals surface area (Å²) in [5.74, 6) is -5.43. The summed E-state index contributed by atoms with van der Waals surface area (Å²) in [7, 11) is 1.97. The lowest BCUT2D eigenvalue weighted by atomic mass is 10.0. The number of halogens is 2. The third-order valence-electron chi connectivity index (χ3n) is 5.21. The van der Waals surface area contributed by atoms with Crippen molar-refractivity contribution in [2.24, 2.45) is 11.8 Å². The number of hydrogen-bond acceptors (Lipinski definition) is 6. The van der Waals surface area contributed by atoms with Gasteiger partial charge in [0.1, 0.15) is 23.7 Å². The SMILES string of the molecule is CC(C)C[C@H](NC(=O)c1cc(F)ccc1SSc1ccc(F)cc1C(=O)N[C@H](CC(C)C)C(=O)O)C(=O)O. The van der Waals surface area contributed by atoms with Gasteiger partial charge in [0.2, 0.25) is 0 Å². The molecule has 0 spiro atoms. The minimum Gasteiger partial charge on any atom is -0.480 e. The Kier molecular flexibility index (Phi) is 11.6. The standard InChI is InChI=1S/C26H30F2N2O6S2/c1-13(2)9-19(25(33)34)29-23(31)17-11-15(27)5-7-21(17)37-38-22-8-6-16(28)12-18(22)24(32)30-20(26(35)36)10-14(3)4/h5-8,11-14,19-20H,9-10H2,1-4H3,(H,29,31)(H,30,32)(H,33,34)(H,35,36)/t19-,20+. The lowest BCUT2D eigenvalue weighted by Gasteiger charge is -2.18. The van der Waals surface area contributed by atoms with E-state index in [-0.39, 0.29) is 45.6 Å². The van der Waals surface area contributed by atoms with E-state index in [9.17, 15) is 38.2 Å². The smallest absolute Gasteiger partial charge is 0.326 e. The summed E-state index contributed by atoms with van der Waals surface area (Å²) >= 11 is 0. The van der Waals surface area contributed by atoms with Gasteiger partial charge in [0, 0.05) is 9.79 Å². The van der Waals surface area contributed by atoms with E-state index in [2.05, 4.69) is 10.6 Å². The van der Waals surface area contributed by atoms with Crippen molar-refractivity contribution < 1.29 is 38.2 Å². The average molecular weight is 569 g/mol. The molecule has 0 heterocycles. The van der Waals surface area contributed by atoms with Crippen molar-refractivity contribution in [2.45, 2.75) is 62.4 Å². The molecule has 0 bridgehead atoms. The van der Waals surface area contributed by atoms with Gasteiger partial charge in [0.05, 0.1) is 11.1 Å². The van der Waals surface area contributed by atoms with Gasteiger partial charge >= 0.3 is 11.9 Å². The van der Waals surface area contributed by atoms with Crippen molar-refractivity contribution in [1.29, 1.82) is 0 Å². The number of rotatable bonds is 13. The number of carboxylic acid groups (broad SMARTS) is 2. The molecular formula is C26H30F2N2O6S2. The van der Waals surface area contributed by atoms with Gasteiger partial charge in [-0.05, 0) is 61.1 Å². The third-order valence-corrected chi connectivity index (χ3v) is 7.70. The van der Waals surface area contributed by atoms with Crippen LogP contribution in [0.4, 0.5) is 8.78 Å². The van der Waals surface area contributed by atoms with Gasteiger partial charge < -0.3 is 20.8 Å². The van der Waals surface area contributed by atoms with Gasteiger partial charge in [-0.2, -0.15) is 0 Å². The molecule has 2 amide bonds. The number of hydrogen-bond donors (Lipinski definition) is 4. The molecule has 0 saturated heterocycles. The number of carbonyl (C=O) groups is 4. The Balaban J connectivity index is 2.29. The minimum absolute atomic E-state index is 0.0161. The van der Waals surface area contributed by atoms with E-state index in [0.29, 0.717) is 0 Å². The maximum Gasteiger partial charge on any atom is 0.326 e. The zero-order valence-electron chi connectivity index (χ0n) is 21.3. The molecule has 4 N–H and O–H groups in total. The molecule has 2 atom stereocenters. The fourth-order valence-electron chi connectivity index (χ4n) is 3.45. The highest BCUT2D eigenvalue weighted by Gasteiger charge is 2.25. The molecule has 0 aromatic heterocycles. The Morgan fingerprint density at radius 2 is 1.05 bits per heavy atom. The maximum atomic E-state index is 14.0. The van der Waals surface area contributed by atoms with Gasteiger partial charge in [-0.15, -0.1) is 0 Å². The number of amides is 2. The summed E-state index contributed by atoms with van der Waals surface area (Å²) in [6.07, 6.45) is 0.353. The van der Waals surface area contributed by atoms with Gasteiger partial charge in [-0.3, -0.25) is 9.59 Å². The normalized spacial score (nSPS) is 12.7. The van der Waals surface area contributed by atoms with Gasteiger partial charge in [0.25, 0.3) is 11.8 Å². The van der Waals surface area contributed by atoms with Gasteiger partial charge in [-0.25, -0.2) is 18.4 Å². The summed E-state index contributed by atoms with van der Waals surface area (Å²) < 4.78 is 28.0. The molecule has 0 unspecified atom stereocenters. The van der Waals surface area contributed by atoms with E-state index in [1.165, 1.54) is 12.1 Å². The first-order valence-corrected chi connectivity index (χ1v) is 13.9. The second kappa shape index (κ2) is 14.1. The largest absolute Gasteiger partial charge is 0.480 e. The van der Waals surface area contributed by atoms with Crippen LogP contribution >= 0.6 is 21.6 Å². The zero-order valence-corrected chi connectivity index (χ0v) is 22.9. The van der Waals surface area contributed by atoms with Crippen LogP contribution < -0.4 is 10.6 Å². The maximum absolute atomic E-state index is 14.0. The van der Waals surface area contributed by atoms with E-state index in [0.717, 1.165) is 45.9 Å². The molecule has 0 fully saturated rings. The lowest BCUT2D eigenvalue weighted by Crippen LogP contribution is -2.41. The van der Waals surface area contributed by atoms with E-state index in [1.54, 1.807) is 27.7 Å². The molecule has 2 rings (SSSR count). The first-order valence-electron chi connectivity index (χ1n) is 11.8. The third kappa shape index (κ3) is 9.32. The second-order valence-corrected chi connectivity index (χ2v) is 11.6. The Morgan fingerprint density at radius 3 is 1.34 bits per heavy atom. The van der Waals surface area contributed by atoms with Crippen LogP contribution in [-0.2, 0) is 9.59 Å². The van der Waals surface area contributed by atoms with E-state index < -0.39 is 47.5 Å². The highest BCUT2D eigenvalue weighted by molar-refractivity contribution is 8.76. The Morgan fingerprint density at radius 1 is 0.711 bits per heavy atom. The molecule has 12 heteroatoms. The van der Waals surface area contributed by atoms with Crippen molar-refractivity contribution in [2.75, 3.05) is 0 Å². The zero-order chi connectivity index (χ0) is 28.6. The number of carbonyl (C=O) groups excluding carboxylic acids is 2. The van der Waals surface area contributed by atoms with Crippen molar-refractivity contribution in [3.63, 3.8) is 0 Å². The van der Waals surface area contributed by atoms with Crippen molar-refractivity contribution in [3.05, 3.63) is 59.2 Å². The highest BCUT2D eigenvalue weighted by atomic mass is 33.1. The number of aliphatic carboxylic acids is 2. The van der Waals surface area contributed by atoms with E-state index in [1.807, 2.05) is 0 Å². The van der Waals surface area contributed by atoms with Crippen LogP contribution in [0.1, 0.15) is 61.3 Å². The van der Waals surface area contributed by atoms with Crippen LogP contribution in [0, 0.1) is 23.5 Å². The van der Waals surface area contributed by atoms with Crippen LogP contribution in [0.15, 0.2) is 46.2 Å². The predicted molar refractivity (Wildman–Crippen MR) is 141 cm³/mol. The second-order valence-electron chi connectivity index (χ2n) is 9.44. The molecule has 0 aliphatic carbocycles. The summed E-state index contributed by atoms with van der Waals surface area (Å²) in [4.78, 5) is 49.5. The van der Waals surface area contributed by atoms with Crippen LogP contribution in [0.2, 0.25) is 0 Å². The van der Waals surface area contributed by atoms with Crippen molar-refractivity contribution in [3.8, 4) is 0 Å². The summed E-state index contributed by atoms with van der Waals surface area (Å²) in [5, 5.41) is 23.7. The Hall–Kier alpha value is -3.12. The first kappa shape index (κ1) is 31.1. The Labute approximate surface area is 227 Å². The van der Waals surface area contributed by atoms with Gasteiger partial charge in [0.15, 0.2) is 0 Å². The summed E-state index contributed by atoms with van der Waals surface area (Å²) in [5.41, 5.74) is -0.206. The monoisotopic (exact) mass is 568 g/mol. The topological polar surface area (TPSA) is 133 Å². The van der Waals surface area contributed by atoms with Crippen LogP contribution in [0.3, 0.4) is 0 Å². The molecule has 206 valence electrons. The molecular weight excluding hydrogens is 538 g/mol. The van der Waals surface area contributed by atoms with Crippen LogP contribution in [0.5, 0.6) is 0 Å². The average Bonchev–Trinajstić information content (AvgIpc) is 2.82. The molecule has 0 aliphatic rings. The lowest BCUT2D eigenvalue weighted by molar-refractivity contribution is -0.140. The molecule has 0 radical (unpaired) electrons. The highest BCUT2D eigenvalue weighted by Crippen LogP contribution is 2.41. The molecule has 0 saturated carbocycles. The minimum atomic E-state index is -1.22.